The highest BCUT2D eigenvalue weighted by atomic mass is 35.5. The summed E-state index contributed by atoms with van der Waals surface area (Å²) in [4.78, 5) is 12.8. The Hall–Kier alpha value is -3.60. The van der Waals surface area contributed by atoms with Crippen molar-refractivity contribution in [1.29, 1.82) is 0 Å². The van der Waals surface area contributed by atoms with E-state index >= 15 is 0 Å². The molecule has 0 bridgehead atoms. The first-order chi connectivity index (χ1) is 16.6. The van der Waals surface area contributed by atoms with Crippen LogP contribution in [0.1, 0.15) is 34.6 Å². The minimum absolute atomic E-state index is 0.0570. The molecule has 12 heteroatoms. The van der Waals surface area contributed by atoms with Crippen LogP contribution in [0.15, 0.2) is 42.5 Å². The molecular formula is C23H22ClF3N4O4. The number of carbonyl (C=O) groups is 1. The first-order valence-electron chi connectivity index (χ1n) is 10.4. The standard InChI is InChI=1S/C23H22ClF3N4O4/c1-33-17-7-5-13(24)9-15(17)29-22(32)16-11-21-28-14(10-20(23(25,26)27)31(21)30-16)12-4-6-18(34-2)19(8-12)35-3/h4-9,11,14,20,28H,10H2,1-3H3,(H,29,32)/t14-,20-/m1/s1. The van der Waals surface area contributed by atoms with Crippen LogP contribution in [-0.4, -0.2) is 43.2 Å². The van der Waals surface area contributed by atoms with Crippen LogP contribution in [0.4, 0.5) is 24.7 Å². The number of carbonyl (C=O) groups excluding carboxylic acids is 1. The average Bonchev–Trinajstić information content (AvgIpc) is 3.27. The number of anilines is 2. The Labute approximate surface area is 203 Å². The van der Waals surface area contributed by atoms with E-state index in [4.69, 9.17) is 25.8 Å². The van der Waals surface area contributed by atoms with Crippen LogP contribution >= 0.6 is 11.6 Å². The monoisotopic (exact) mass is 510 g/mol. The van der Waals surface area contributed by atoms with E-state index in [9.17, 15) is 18.0 Å². The highest BCUT2D eigenvalue weighted by molar-refractivity contribution is 6.31. The molecule has 1 aliphatic rings. The summed E-state index contributed by atoms with van der Waals surface area (Å²) in [5.74, 6) is 0.538. The van der Waals surface area contributed by atoms with Gasteiger partial charge in [-0.3, -0.25) is 4.79 Å². The third-order valence-corrected chi connectivity index (χ3v) is 5.88. The Bertz CT molecular complexity index is 1250. The third-order valence-electron chi connectivity index (χ3n) is 5.64. The van der Waals surface area contributed by atoms with Crippen molar-refractivity contribution in [3.8, 4) is 17.2 Å². The van der Waals surface area contributed by atoms with Crippen molar-refractivity contribution in [2.24, 2.45) is 0 Å². The Morgan fingerprint density at radius 2 is 1.74 bits per heavy atom. The number of aromatic nitrogens is 2. The minimum atomic E-state index is -4.60. The van der Waals surface area contributed by atoms with Gasteiger partial charge in [0.25, 0.3) is 5.91 Å². The lowest BCUT2D eigenvalue weighted by atomic mass is 9.96. The van der Waals surface area contributed by atoms with Crippen LogP contribution in [0.25, 0.3) is 0 Å². The summed E-state index contributed by atoms with van der Waals surface area (Å²) in [5.41, 5.74) is 0.635. The van der Waals surface area contributed by atoms with Gasteiger partial charge in [0.1, 0.15) is 11.6 Å². The minimum Gasteiger partial charge on any atom is -0.495 e. The van der Waals surface area contributed by atoms with Gasteiger partial charge in [0.2, 0.25) is 0 Å². The summed E-state index contributed by atoms with van der Waals surface area (Å²) in [6.45, 7) is 0. The van der Waals surface area contributed by atoms with Crippen molar-refractivity contribution in [2.45, 2.75) is 24.7 Å². The van der Waals surface area contributed by atoms with Gasteiger partial charge in [-0.05, 0) is 35.9 Å². The Morgan fingerprint density at radius 3 is 2.40 bits per heavy atom. The molecule has 35 heavy (non-hydrogen) atoms. The molecule has 0 aliphatic carbocycles. The van der Waals surface area contributed by atoms with Crippen molar-refractivity contribution in [3.05, 3.63) is 58.7 Å². The number of amides is 1. The number of nitrogens with one attached hydrogen (secondary N) is 2. The first-order valence-corrected chi connectivity index (χ1v) is 10.8. The van der Waals surface area contributed by atoms with E-state index < -0.39 is 24.2 Å². The molecule has 0 unspecified atom stereocenters. The van der Waals surface area contributed by atoms with Crippen LogP contribution in [0, 0.1) is 0 Å². The molecular weight excluding hydrogens is 489 g/mol. The van der Waals surface area contributed by atoms with Gasteiger partial charge in [-0.15, -0.1) is 0 Å². The molecule has 2 N–H and O–H groups in total. The van der Waals surface area contributed by atoms with E-state index in [-0.39, 0.29) is 23.6 Å². The second-order valence-electron chi connectivity index (χ2n) is 7.76. The van der Waals surface area contributed by atoms with Crippen LogP contribution in [0.2, 0.25) is 5.02 Å². The maximum Gasteiger partial charge on any atom is 0.410 e. The summed E-state index contributed by atoms with van der Waals surface area (Å²) in [7, 11) is 4.34. The van der Waals surface area contributed by atoms with E-state index in [0.717, 1.165) is 4.68 Å². The van der Waals surface area contributed by atoms with Crippen LogP contribution < -0.4 is 24.8 Å². The molecule has 4 rings (SSSR count). The molecule has 186 valence electrons. The topological polar surface area (TPSA) is 86.6 Å². The number of nitrogens with zero attached hydrogens (tertiary/aromatic N) is 2. The molecule has 0 fully saturated rings. The van der Waals surface area contributed by atoms with Crippen molar-refractivity contribution < 1.29 is 32.2 Å². The van der Waals surface area contributed by atoms with Gasteiger partial charge in [0.05, 0.1) is 33.1 Å². The van der Waals surface area contributed by atoms with Gasteiger partial charge in [0, 0.05) is 17.5 Å². The number of ether oxygens (including phenoxy) is 3. The fraction of sp³-hybridized carbons (Fsp3) is 0.304. The van der Waals surface area contributed by atoms with Crippen molar-refractivity contribution >= 4 is 29.0 Å². The molecule has 1 aromatic heterocycles. The second-order valence-corrected chi connectivity index (χ2v) is 8.20. The lowest BCUT2D eigenvalue weighted by Gasteiger charge is -2.33. The smallest absolute Gasteiger partial charge is 0.410 e. The molecule has 0 saturated heterocycles. The van der Waals surface area contributed by atoms with E-state index in [0.29, 0.717) is 27.8 Å². The molecule has 0 saturated carbocycles. The van der Waals surface area contributed by atoms with Crippen LogP contribution in [-0.2, 0) is 0 Å². The fourth-order valence-corrected chi connectivity index (χ4v) is 4.11. The number of methoxy groups -OCH3 is 3. The quantitative estimate of drug-likeness (QED) is 0.457. The summed E-state index contributed by atoms with van der Waals surface area (Å²) in [6.07, 6.45) is -4.93. The van der Waals surface area contributed by atoms with Crippen LogP contribution in [0.5, 0.6) is 17.2 Å². The number of halogens is 4. The van der Waals surface area contributed by atoms with Gasteiger partial charge in [0.15, 0.2) is 23.2 Å². The fourth-order valence-electron chi connectivity index (χ4n) is 3.94. The predicted molar refractivity (Wildman–Crippen MR) is 124 cm³/mol. The zero-order valence-corrected chi connectivity index (χ0v) is 19.7. The summed E-state index contributed by atoms with van der Waals surface area (Å²) >= 11 is 5.99. The van der Waals surface area contributed by atoms with Gasteiger partial charge in [-0.2, -0.15) is 18.3 Å². The number of hydrogen-bond acceptors (Lipinski definition) is 6. The number of benzene rings is 2. The van der Waals surface area contributed by atoms with E-state index in [1.54, 1.807) is 30.3 Å². The molecule has 2 atom stereocenters. The van der Waals surface area contributed by atoms with Crippen molar-refractivity contribution in [2.75, 3.05) is 32.0 Å². The SMILES string of the molecule is COc1ccc(Cl)cc1NC(=O)c1cc2n(n1)[C@@H](C(F)(F)F)C[C@H](c1ccc(OC)c(OC)c1)N2. The maximum absolute atomic E-state index is 14.0. The van der Waals surface area contributed by atoms with E-state index in [2.05, 4.69) is 15.7 Å². The molecule has 2 heterocycles. The molecule has 2 aromatic carbocycles. The molecule has 0 spiro atoms. The second kappa shape index (κ2) is 9.57. The van der Waals surface area contributed by atoms with E-state index in [1.807, 2.05) is 0 Å². The number of fused-ring (bicyclic) bond motifs is 1. The number of rotatable bonds is 6. The molecule has 1 aliphatic heterocycles. The highest BCUT2D eigenvalue weighted by Gasteiger charge is 2.47. The van der Waals surface area contributed by atoms with Crippen molar-refractivity contribution in [3.63, 3.8) is 0 Å². The zero-order chi connectivity index (χ0) is 25.3. The van der Waals surface area contributed by atoms with Gasteiger partial charge in [-0.25, -0.2) is 4.68 Å². The number of alkyl halides is 3. The molecule has 3 aromatic rings. The van der Waals surface area contributed by atoms with Gasteiger partial charge >= 0.3 is 6.18 Å². The highest BCUT2D eigenvalue weighted by Crippen LogP contribution is 2.44. The molecule has 0 radical (unpaired) electrons. The van der Waals surface area contributed by atoms with Crippen LogP contribution in [0.3, 0.4) is 0 Å². The first kappa shape index (κ1) is 24.5. The van der Waals surface area contributed by atoms with Crippen molar-refractivity contribution in [1.82, 2.24) is 9.78 Å². The Kier molecular flexibility index (Phi) is 6.70. The summed E-state index contributed by atoms with van der Waals surface area (Å²) in [5, 5.41) is 9.96. The largest absolute Gasteiger partial charge is 0.495 e. The molecule has 8 nitrogen and oxygen atoms in total. The Morgan fingerprint density at radius 1 is 1.06 bits per heavy atom. The molecule has 1 amide bonds. The number of hydrogen-bond donors (Lipinski definition) is 2. The normalized spacial score (nSPS) is 17.2. The van der Waals surface area contributed by atoms with Gasteiger partial charge in [-0.1, -0.05) is 17.7 Å². The third kappa shape index (κ3) is 4.95. The maximum atomic E-state index is 14.0. The summed E-state index contributed by atoms with van der Waals surface area (Å²) in [6, 6.07) is 8.14. The van der Waals surface area contributed by atoms with E-state index in [1.165, 1.54) is 33.5 Å². The lowest BCUT2D eigenvalue weighted by molar-refractivity contribution is -0.173. The predicted octanol–water partition coefficient (Wildman–Crippen LogP) is 5.47. The lowest BCUT2D eigenvalue weighted by Crippen LogP contribution is -2.35. The summed E-state index contributed by atoms with van der Waals surface area (Å²) < 4.78 is 58.5. The average molecular weight is 511 g/mol. The Balaban J connectivity index is 1.66. The van der Waals surface area contributed by atoms with Gasteiger partial charge < -0.3 is 24.8 Å². The zero-order valence-electron chi connectivity index (χ0n) is 18.9.